The Morgan fingerprint density at radius 1 is 1.26 bits per heavy atom. The number of aliphatic hydroxyl groups is 1. The van der Waals surface area contributed by atoms with Gasteiger partial charge in [-0.1, -0.05) is 25.2 Å². The van der Waals surface area contributed by atoms with Gasteiger partial charge in [0.05, 0.1) is 17.0 Å². The van der Waals surface area contributed by atoms with Crippen LogP contribution in [0.2, 0.25) is 0 Å². The summed E-state index contributed by atoms with van der Waals surface area (Å²) in [6.45, 7) is 7.27. The molecule has 0 aliphatic carbocycles. The van der Waals surface area contributed by atoms with E-state index in [9.17, 15) is 19.1 Å². The summed E-state index contributed by atoms with van der Waals surface area (Å²) < 4.78 is 32.7. The molecule has 6 N–H and O–H groups in total. The summed E-state index contributed by atoms with van der Waals surface area (Å²) in [5, 5.41) is 11.3. The van der Waals surface area contributed by atoms with Crippen LogP contribution in [0.1, 0.15) is 46.9 Å². The van der Waals surface area contributed by atoms with Crippen LogP contribution in [0.15, 0.2) is 6.20 Å². The van der Waals surface area contributed by atoms with Crippen LogP contribution in [0.4, 0.5) is 5.82 Å². The van der Waals surface area contributed by atoms with Crippen molar-refractivity contribution in [2.75, 3.05) is 12.3 Å². The van der Waals surface area contributed by atoms with Crippen LogP contribution in [0.25, 0.3) is 0 Å². The minimum atomic E-state index is -5.18. The number of nitrogens with two attached hydrogens (primary N) is 1. The molecule has 2 atom stereocenters. The molecule has 12 nitrogen and oxygen atoms in total. The maximum atomic E-state index is 11.6. The first-order valence-corrected chi connectivity index (χ1v) is 13.1. The van der Waals surface area contributed by atoms with Gasteiger partial charge in [0.1, 0.15) is 11.6 Å². The van der Waals surface area contributed by atoms with E-state index in [4.69, 9.17) is 15.5 Å². The lowest BCUT2D eigenvalue weighted by atomic mass is 10.1. The van der Waals surface area contributed by atoms with Gasteiger partial charge in [-0.15, -0.1) is 0 Å². The molecule has 0 spiro atoms. The van der Waals surface area contributed by atoms with Gasteiger partial charge in [0.25, 0.3) is 5.01 Å². The summed E-state index contributed by atoms with van der Waals surface area (Å²) in [6.07, 6.45) is 1.00. The first-order valence-electron chi connectivity index (χ1n) is 9.22. The minimum absolute atomic E-state index is 0.0747. The van der Waals surface area contributed by atoms with Crippen LogP contribution in [-0.4, -0.2) is 36.4 Å². The first kappa shape index (κ1) is 26.0. The third kappa shape index (κ3) is 7.38. The highest BCUT2D eigenvalue weighted by Gasteiger charge is 2.34. The van der Waals surface area contributed by atoms with Gasteiger partial charge in [0.15, 0.2) is 18.3 Å². The lowest BCUT2D eigenvalue weighted by Gasteiger charge is -2.11. The summed E-state index contributed by atoms with van der Waals surface area (Å²) in [6, 6.07) is 0. The average Bonchev–Trinajstić information content (AvgIpc) is 2.90. The van der Waals surface area contributed by atoms with E-state index < -0.39 is 21.7 Å². The minimum Gasteiger partial charge on any atom is -0.383 e. The maximum absolute atomic E-state index is 11.6. The van der Waals surface area contributed by atoms with E-state index in [2.05, 4.69) is 18.8 Å². The zero-order chi connectivity index (χ0) is 23.6. The van der Waals surface area contributed by atoms with Crippen molar-refractivity contribution in [3.63, 3.8) is 0 Å². The number of anilines is 1. The van der Waals surface area contributed by atoms with Crippen LogP contribution < -0.4 is 10.3 Å². The summed E-state index contributed by atoms with van der Waals surface area (Å²) in [4.78, 5) is 35.8. The molecular weight excluding hydrogens is 470 g/mol. The quantitative estimate of drug-likeness (QED) is 0.236. The molecule has 0 saturated heterocycles. The number of phosphoric acid groups is 2. The second-order valence-electron chi connectivity index (χ2n) is 7.18. The van der Waals surface area contributed by atoms with Crippen LogP contribution in [0.5, 0.6) is 0 Å². The van der Waals surface area contributed by atoms with Gasteiger partial charge in [-0.25, -0.2) is 19.1 Å². The van der Waals surface area contributed by atoms with E-state index in [1.54, 1.807) is 13.1 Å². The zero-order valence-corrected chi connectivity index (χ0v) is 20.1. The number of hydrogen-bond acceptors (Lipinski definition) is 9. The predicted molar refractivity (Wildman–Crippen MR) is 112 cm³/mol. The number of nitrogen functional groups attached to an aromatic ring is 1. The number of rotatable bonds is 10. The average molecular weight is 497 g/mol. The normalized spacial score (nSPS) is 15.3. The molecule has 174 valence electrons. The number of hydrogen-bond donors (Lipinski definition) is 5. The fourth-order valence-corrected chi connectivity index (χ4v) is 5.71. The molecule has 0 radical (unpaired) electrons. The van der Waals surface area contributed by atoms with Crippen LogP contribution >= 0.6 is 27.0 Å². The Hall–Kier alpha value is -1.27. The van der Waals surface area contributed by atoms with E-state index >= 15 is 0 Å². The Bertz CT molecular complexity index is 1030. The fourth-order valence-electron chi connectivity index (χ4n) is 2.72. The summed E-state index contributed by atoms with van der Waals surface area (Å²) in [5.41, 5.74) is 7.45. The van der Waals surface area contributed by atoms with Gasteiger partial charge in [0, 0.05) is 19.5 Å². The molecule has 2 unspecified atom stereocenters. The summed E-state index contributed by atoms with van der Waals surface area (Å²) in [5.74, 6) is 0.796. The van der Waals surface area contributed by atoms with Crippen molar-refractivity contribution in [1.29, 1.82) is 0 Å². The Kier molecular flexibility index (Phi) is 8.48. The Morgan fingerprint density at radius 3 is 2.45 bits per heavy atom. The molecule has 0 bridgehead atoms. The van der Waals surface area contributed by atoms with Crippen LogP contribution in [0.3, 0.4) is 0 Å². The highest BCUT2D eigenvalue weighted by molar-refractivity contribution is 7.60. The summed E-state index contributed by atoms with van der Waals surface area (Å²) in [7, 11) is -10.1. The molecule has 0 aliphatic rings. The number of aromatic nitrogens is 3. The molecule has 0 amide bonds. The number of aryl methyl sites for hydroxylation is 1. The Morgan fingerprint density at radius 2 is 1.90 bits per heavy atom. The van der Waals surface area contributed by atoms with E-state index in [1.807, 2.05) is 25.3 Å². The number of nitrogens with zero attached hydrogens (tertiary/aromatic N) is 3. The van der Waals surface area contributed by atoms with Crippen molar-refractivity contribution < 1.29 is 42.3 Å². The molecule has 15 heteroatoms. The molecule has 31 heavy (non-hydrogen) atoms. The van der Waals surface area contributed by atoms with Crippen LogP contribution in [0, 0.1) is 19.8 Å². The number of phosphoric ester groups is 1. The monoisotopic (exact) mass is 497 g/mol. The second-order valence-corrected chi connectivity index (χ2v) is 11.1. The third-order valence-electron chi connectivity index (χ3n) is 4.33. The van der Waals surface area contributed by atoms with Gasteiger partial charge in [-0.05, 0) is 12.8 Å². The molecular formula is C16H27N4O8P2S+. The molecule has 0 aliphatic heterocycles. The number of aliphatic hydroxyl groups excluding tert-OH is 1. The van der Waals surface area contributed by atoms with Crippen molar-refractivity contribution in [2.24, 2.45) is 5.92 Å². The number of thiazole rings is 1. The van der Waals surface area contributed by atoms with Crippen molar-refractivity contribution in [2.45, 2.75) is 46.8 Å². The largest absolute Gasteiger partial charge is 0.481 e. The molecule has 0 aromatic carbocycles. The van der Waals surface area contributed by atoms with E-state index in [0.29, 0.717) is 28.8 Å². The van der Waals surface area contributed by atoms with Crippen molar-refractivity contribution in [3.8, 4) is 0 Å². The second kappa shape index (κ2) is 10.1. The smallest absolute Gasteiger partial charge is 0.383 e. The molecule has 2 rings (SSSR count). The van der Waals surface area contributed by atoms with E-state index in [-0.39, 0.29) is 18.9 Å². The van der Waals surface area contributed by atoms with Gasteiger partial charge in [0.2, 0.25) is 0 Å². The van der Waals surface area contributed by atoms with E-state index in [0.717, 1.165) is 10.6 Å². The molecule has 0 saturated carbocycles. The fraction of sp³-hybridized carbons (Fsp3) is 0.562. The lowest BCUT2D eigenvalue weighted by molar-refractivity contribution is -0.700. The molecule has 2 aromatic heterocycles. The highest BCUT2D eigenvalue weighted by atomic mass is 32.1. The van der Waals surface area contributed by atoms with Crippen molar-refractivity contribution in [3.05, 3.63) is 33.2 Å². The predicted octanol–water partition coefficient (Wildman–Crippen LogP) is 1.53. The van der Waals surface area contributed by atoms with Gasteiger partial charge >= 0.3 is 15.6 Å². The Labute approximate surface area is 183 Å². The molecule has 2 aromatic rings. The zero-order valence-electron chi connectivity index (χ0n) is 17.5. The lowest BCUT2D eigenvalue weighted by Crippen LogP contribution is -2.41. The first-order chi connectivity index (χ1) is 14.2. The third-order valence-corrected chi connectivity index (χ3v) is 7.93. The SMILES string of the molecule is Cc1ncc(C[n+]2c(C(O)C(C)C)sc(CCOP(=O)(O)OP(=O)(O)O)c2C)c(N)n1. The Balaban J connectivity index is 2.28. The topological polar surface area (TPSA) is 189 Å². The van der Waals surface area contributed by atoms with Crippen molar-refractivity contribution in [1.82, 2.24) is 9.97 Å². The maximum Gasteiger partial charge on any atom is 0.481 e. The standard InChI is InChI=1S/C16H26N4O8P2S/c1-9(2)14(21)16-20(8-12-7-18-11(4)19-15(12)17)10(3)13(31-16)5-6-27-30(25,26)28-29(22,23)24/h7,9,14,21H,5-6,8H2,1-4H3,(H4-,17,18,19,22,23,24,25,26)/p+1. The van der Waals surface area contributed by atoms with E-state index in [1.165, 1.54) is 11.3 Å². The van der Waals surface area contributed by atoms with Crippen molar-refractivity contribution >= 4 is 32.8 Å². The highest BCUT2D eigenvalue weighted by Crippen LogP contribution is 2.57. The van der Waals surface area contributed by atoms with Gasteiger partial charge < -0.3 is 25.5 Å². The molecule has 2 heterocycles. The van der Waals surface area contributed by atoms with Gasteiger partial charge in [-0.2, -0.15) is 8.88 Å². The van der Waals surface area contributed by atoms with Crippen LogP contribution in [-0.2, 0) is 30.9 Å². The summed E-state index contributed by atoms with van der Waals surface area (Å²) >= 11 is 1.30. The molecule has 0 fully saturated rings. The van der Waals surface area contributed by atoms with Gasteiger partial charge in [-0.3, -0.25) is 4.52 Å².